The Balaban J connectivity index is 1.72. The number of para-hydroxylation sites is 1. The first-order valence-corrected chi connectivity index (χ1v) is 10.1. The first-order valence-electron chi connectivity index (χ1n) is 10.1. The maximum atomic E-state index is 12.9. The van der Waals surface area contributed by atoms with E-state index in [2.05, 4.69) is 48.3 Å². The van der Waals surface area contributed by atoms with E-state index in [-0.39, 0.29) is 11.9 Å². The standard InChI is InChI=1S/C23H30N2O3/c1-3-14-28-22-7-5-4-6-20(22)23(26)24-17-21(25-12-15-27-16-13-25)19-10-8-18(2)9-11-19/h4-11,21H,3,12-17H2,1-2H3,(H,24,26). The second kappa shape index (κ2) is 10.2. The van der Waals surface area contributed by atoms with E-state index in [0.29, 0.717) is 24.5 Å². The average Bonchev–Trinajstić information content (AvgIpc) is 2.74. The Bertz CT molecular complexity index is 755. The van der Waals surface area contributed by atoms with Crippen LogP contribution in [0.3, 0.4) is 0 Å². The molecule has 1 unspecified atom stereocenters. The Labute approximate surface area is 167 Å². The van der Waals surface area contributed by atoms with Crippen molar-refractivity contribution in [3.8, 4) is 5.75 Å². The second-order valence-corrected chi connectivity index (χ2v) is 7.13. The lowest BCUT2D eigenvalue weighted by molar-refractivity contribution is 0.0162. The minimum Gasteiger partial charge on any atom is -0.493 e. The zero-order chi connectivity index (χ0) is 19.8. The number of carbonyl (C=O) groups excluding carboxylic acids is 1. The fourth-order valence-corrected chi connectivity index (χ4v) is 3.41. The molecule has 0 bridgehead atoms. The van der Waals surface area contributed by atoms with Crippen LogP contribution in [-0.2, 0) is 4.74 Å². The van der Waals surface area contributed by atoms with Gasteiger partial charge in [-0.3, -0.25) is 9.69 Å². The van der Waals surface area contributed by atoms with Crippen LogP contribution >= 0.6 is 0 Å². The van der Waals surface area contributed by atoms with E-state index in [1.807, 2.05) is 24.3 Å². The largest absolute Gasteiger partial charge is 0.493 e. The van der Waals surface area contributed by atoms with Gasteiger partial charge in [-0.15, -0.1) is 0 Å². The zero-order valence-corrected chi connectivity index (χ0v) is 16.8. The molecule has 0 aliphatic carbocycles. The molecular formula is C23H30N2O3. The lowest BCUT2D eigenvalue weighted by Crippen LogP contribution is -2.43. The van der Waals surface area contributed by atoms with E-state index in [0.717, 1.165) is 32.7 Å². The van der Waals surface area contributed by atoms with Crippen molar-refractivity contribution in [3.63, 3.8) is 0 Å². The Hall–Kier alpha value is -2.37. The van der Waals surface area contributed by atoms with Crippen LogP contribution in [0.5, 0.6) is 5.75 Å². The quantitative estimate of drug-likeness (QED) is 0.758. The highest BCUT2D eigenvalue weighted by molar-refractivity contribution is 5.96. The Morgan fingerprint density at radius 2 is 1.86 bits per heavy atom. The van der Waals surface area contributed by atoms with Gasteiger partial charge in [0.05, 0.1) is 31.4 Å². The molecule has 1 aliphatic rings. The minimum atomic E-state index is -0.0999. The van der Waals surface area contributed by atoms with Crippen molar-refractivity contribution in [3.05, 3.63) is 65.2 Å². The van der Waals surface area contributed by atoms with Gasteiger partial charge in [-0.05, 0) is 31.0 Å². The highest BCUT2D eigenvalue weighted by Gasteiger charge is 2.24. The molecule has 1 fully saturated rings. The molecule has 5 nitrogen and oxygen atoms in total. The normalized spacial score (nSPS) is 15.8. The molecule has 1 heterocycles. The molecule has 1 N–H and O–H groups in total. The van der Waals surface area contributed by atoms with Crippen LogP contribution in [0.1, 0.15) is 40.9 Å². The molecule has 150 valence electrons. The Morgan fingerprint density at radius 3 is 2.57 bits per heavy atom. The molecule has 5 heteroatoms. The average molecular weight is 383 g/mol. The predicted molar refractivity (Wildman–Crippen MR) is 111 cm³/mol. The molecule has 1 atom stereocenters. The smallest absolute Gasteiger partial charge is 0.255 e. The number of morpholine rings is 1. The Kier molecular flexibility index (Phi) is 7.46. The summed E-state index contributed by atoms with van der Waals surface area (Å²) in [5.41, 5.74) is 3.03. The fraction of sp³-hybridized carbons (Fsp3) is 0.435. The molecule has 0 saturated carbocycles. The number of ether oxygens (including phenoxy) is 2. The van der Waals surface area contributed by atoms with Gasteiger partial charge in [0.2, 0.25) is 0 Å². The second-order valence-electron chi connectivity index (χ2n) is 7.13. The summed E-state index contributed by atoms with van der Waals surface area (Å²) in [5, 5.41) is 3.12. The lowest BCUT2D eigenvalue weighted by atomic mass is 10.0. The molecule has 2 aromatic carbocycles. The summed E-state index contributed by atoms with van der Waals surface area (Å²) in [7, 11) is 0. The SMILES string of the molecule is CCCOc1ccccc1C(=O)NCC(c1ccc(C)cc1)N1CCOCC1. The van der Waals surface area contributed by atoms with Gasteiger partial charge < -0.3 is 14.8 Å². The third kappa shape index (κ3) is 5.33. The van der Waals surface area contributed by atoms with Crippen LogP contribution in [0.2, 0.25) is 0 Å². The number of nitrogens with one attached hydrogen (secondary N) is 1. The van der Waals surface area contributed by atoms with Gasteiger partial charge in [0.15, 0.2) is 0 Å². The van der Waals surface area contributed by atoms with Crippen molar-refractivity contribution in [2.75, 3.05) is 39.5 Å². The van der Waals surface area contributed by atoms with Gasteiger partial charge in [0.25, 0.3) is 5.91 Å². The van der Waals surface area contributed by atoms with E-state index >= 15 is 0 Å². The summed E-state index contributed by atoms with van der Waals surface area (Å²) in [6.45, 7) is 8.47. The number of rotatable bonds is 8. The predicted octanol–water partition coefficient (Wildman–Crippen LogP) is 3.59. The van der Waals surface area contributed by atoms with Crippen molar-refractivity contribution in [2.45, 2.75) is 26.3 Å². The summed E-state index contributed by atoms with van der Waals surface area (Å²) >= 11 is 0. The minimum absolute atomic E-state index is 0.0999. The maximum absolute atomic E-state index is 12.9. The number of carbonyl (C=O) groups is 1. The van der Waals surface area contributed by atoms with Crippen molar-refractivity contribution in [2.24, 2.45) is 0 Å². The van der Waals surface area contributed by atoms with Crippen LogP contribution in [0.25, 0.3) is 0 Å². The third-order valence-corrected chi connectivity index (χ3v) is 5.00. The maximum Gasteiger partial charge on any atom is 0.255 e. The first-order chi connectivity index (χ1) is 13.7. The number of hydrogen-bond acceptors (Lipinski definition) is 4. The third-order valence-electron chi connectivity index (χ3n) is 5.00. The van der Waals surface area contributed by atoms with E-state index in [1.54, 1.807) is 0 Å². The van der Waals surface area contributed by atoms with E-state index in [1.165, 1.54) is 11.1 Å². The number of nitrogens with zero attached hydrogens (tertiary/aromatic N) is 1. The summed E-state index contributed by atoms with van der Waals surface area (Å²) in [5.74, 6) is 0.539. The van der Waals surface area contributed by atoms with Crippen molar-refractivity contribution >= 4 is 5.91 Å². The first kappa shape index (κ1) is 20.4. The van der Waals surface area contributed by atoms with E-state index < -0.39 is 0 Å². The molecule has 0 spiro atoms. The molecule has 3 rings (SSSR count). The van der Waals surface area contributed by atoms with Crippen molar-refractivity contribution in [1.29, 1.82) is 0 Å². The van der Waals surface area contributed by atoms with Crippen LogP contribution in [0.4, 0.5) is 0 Å². The van der Waals surface area contributed by atoms with Gasteiger partial charge in [0.1, 0.15) is 5.75 Å². The molecular weight excluding hydrogens is 352 g/mol. The van der Waals surface area contributed by atoms with Crippen LogP contribution in [0, 0.1) is 6.92 Å². The lowest BCUT2D eigenvalue weighted by Gasteiger charge is -2.35. The van der Waals surface area contributed by atoms with Crippen LogP contribution < -0.4 is 10.1 Å². The number of amides is 1. The number of benzene rings is 2. The molecule has 28 heavy (non-hydrogen) atoms. The fourth-order valence-electron chi connectivity index (χ4n) is 3.41. The van der Waals surface area contributed by atoms with Crippen molar-refractivity contribution < 1.29 is 14.3 Å². The van der Waals surface area contributed by atoms with Gasteiger partial charge >= 0.3 is 0 Å². The summed E-state index contributed by atoms with van der Waals surface area (Å²) in [6.07, 6.45) is 0.905. The number of hydrogen-bond donors (Lipinski definition) is 1. The molecule has 1 aliphatic heterocycles. The summed E-state index contributed by atoms with van der Waals surface area (Å²) < 4.78 is 11.2. The highest BCUT2D eigenvalue weighted by Crippen LogP contribution is 2.23. The monoisotopic (exact) mass is 382 g/mol. The van der Waals surface area contributed by atoms with Crippen LogP contribution in [-0.4, -0.2) is 50.3 Å². The zero-order valence-electron chi connectivity index (χ0n) is 16.8. The van der Waals surface area contributed by atoms with Gasteiger partial charge in [0, 0.05) is 19.6 Å². The molecule has 2 aromatic rings. The molecule has 1 saturated heterocycles. The molecule has 1 amide bonds. The number of aryl methyl sites for hydroxylation is 1. The van der Waals surface area contributed by atoms with Gasteiger partial charge in [-0.2, -0.15) is 0 Å². The van der Waals surface area contributed by atoms with Gasteiger partial charge in [-0.1, -0.05) is 48.9 Å². The summed E-state index contributed by atoms with van der Waals surface area (Å²) in [4.78, 5) is 15.2. The molecule has 0 aromatic heterocycles. The topological polar surface area (TPSA) is 50.8 Å². The van der Waals surface area contributed by atoms with E-state index in [4.69, 9.17) is 9.47 Å². The van der Waals surface area contributed by atoms with Gasteiger partial charge in [-0.25, -0.2) is 0 Å². The molecule has 0 radical (unpaired) electrons. The van der Waals surface area contributed by atoms with Crippen molar-refractivity contribution in [1.82, 2.24) is 10.2 Å². The van der Waals surface area contributed by atoms with Crippen LogP contribution in [0.15, 0.2) is 48.5 Å². The summed E-state index contributed by atoms with van der Waals surface area (Å²) in [6, 6.07) is 16.1. The highest BCUT2D eigenvalue weighted by atomic mass is 16.5. The Morgan fingerprint density at radius 1 is 1.14 bits per heavy atom. The van der Waals surface area contributed by atoms with E-state index in [9.17, 15) is 4.79 Å².